The van der Waals surface area contributed by atoms with E-state index in [1.807, 2.05) is 6.66 Å². The molecule has 0 aliphatic heterocycles. The van der Waals surface area contributed by atoms with E-state index in [0.717, 1.165) is 0 Å². The van der Waals surface area contributed by atoms with E-state index in [1.54, 1.807) is 7.05 Å². The monoisotopic (exact) mass is 140 g/mol. The summed E-state index contributed by atoms with van der Waals surface area (Å²) in [4.78, 5) is 0. The highest BCUT2D eigenvalue weighted by Gasteiger charge is 1.83. The third-order valence-corrected chi connectivity index (χ3v) is 1.76. The Kier molecular flexibility index (Phi) is 5.41. The Morgan fingerprint density at radius 3 is 2.43 bits per heavy atom. The molecule has 7 heavy (non-hydrogen) atoms. The number of nitrogens with two attached hydrogens (primary N) is 1. The van der Waals surface area contributed by atoms with Crippen LogP contribution in [0.3, 0.4) is 0 Å². The van der Waals surface area contributed by atoms with Crippen LogP contribution in [0.25, 0.3) is 0 Å². The average Bonchev–Trinajstić information content (AvgIpc) is 1.61. The lowest BCUT2D eigenvalue weighted by Gasteiger charge is -2.05. The zero-order valence-electron chi connectivity index (χ0n) is 4.43. The molecule has 0 saturated carbocycles. The first-order chi connectivity index (χ1) is 3.27. The van der Waals surface area contributed by atoms with Crippen LogP contribution >= 0.6 is 17.8 Å². The van der Waals surface area contributed by atoms with Gasteiger partial charge in [0.15, 0.2) is 0 Å². The van der Waals surface area contributed by atoms with Gasteiger partial charge in [0.25, 0.3) is 0 Å². The molecular formula is C2H10N2OP2. The Labute approximate surface area is 47.3 Å². The minimum Gasteiger partial charge on any atom is -0.327 e. The van der Waals surface area contributed by atoms with Crippen LogP contribution < -0.4 is 5.84 Å². The summed E-state index contributed by atoms with van der Waals surface area (Å²) in [6.45, 7) is 1.97. The molecule has 0 aromatic carbocycles. The van der Waals surface area contributed by atoms with Gasteiger partial charge in [0.1, 0.15) is 8.96 Å². The Bertz CT molecular complexity index is 42.7. The fourth-order valence-electron chi connectivity index (χ4n) is 0.118. The fourth-order valence-corrected chi connectivity index (χ4v) is 1.06. The largest absolute Gasteiger partial charge is 0.327 e. The van der Waals surface area contributed by atoms with Crippen molar-refractivity contribution in [1.29, 1.82) is 0 Å². The topological polar surface area (TPSA) is 38.5 Å². The van der Waals surface area contributed by atoms with Crippen LogP contribution in [-0.2, 0) is 4.31 Å². The molecule has 0 aliphatic carbocycles. The van der Waals surface area contributed by atoms with Gasteiger partial charge in [-0.25, -0.2) is 4.78 Å². The summed E-state index contributed by atoms with van der Waals surface area (Å²) in [5, 5.41) is 0. The van der Waals surface area contributed by atoms with E-state index in [4.69, 9.17) is 10.2 Å². The van der Waals surface area contributed by atoms with Gasteiger partial charge in [-0.1, -0.05) is 0 Å². The molecular weight excluding hydrogens is 130 g/mol. The van der Waals surface area contributed by atoms with Crippen molar-refractivity contribution >= 4 is 17.8 Å². The van der Waals surface area contributed by atoms with E-state index in [1.165, 1.54) is 4.78 Å². The number of hydrazine groups is 1. The van der Waals surface area contributed by atoms with E-state index >= 15 is 0 Å². The van der Waals surface area contributed by atoms with Crippen molar-refractivity contribution in [2.45, 2.75) is 0 Å². The highest BCUT2D eigenvalue weighted by atomic mass is 31.2. The van der Waals surface area contributed by atoms with Crippen molar-refractivity contribution in [3.05, 3.63) is 0 Å². The van der Waals surface area contributed by atoms with Gasteiger partial charge in [-0.05, 0) is 6.66 Å². The van der Waals surface area contributed by atoms with Gasteiger partial charge < -0.3 is 4.31 Å². The molecule has 0 aliphatic rings. The predicted octanol–water partition coefficient (Wildman–Crippen LogP) is 0.540. The second-order valence-corrected chi connectivity index (χ2v) is 3.12. The predicted molar refractivity (Wildman–Crippen MR) is 35.6 cm³/mol. The summed E-state index contributed by atoms with van der Waals surface area (Å²) >= 11 is 0. The molecule has 2 atom stereocenters. The van der Waals surface area contributed by atoms with Crippen LogP contribution in [0.4, 0.5) is 0 Å². The molecule has 0 fully saturated rings. The molecule has 0 aromatic heterocycles. The Hall–Kier alpha value is 0.740. The summed E-state index contributed by atoms with van der Waals surface area (Å²) in [5.41, 5.74) is 0. The van der Waals surface area contributed by atoms with Crippen LogP contribution in [0.1, 0.15) is 0 Å². The SMILES string of the molecule is CPOPN(C)N. The molecule has 0 bridgehead atoms. The van der Waals surface area contributed by atoms with Gasteiger partial charge in [-0.2, -0.15) is 0 Å². The quantitative estimate of drug-likeness (QED) is 0.353. The standard InChI is InChI=1S/C2H10N2OP2/c1-4(3)7-5-6-2/h6-7H,3H2,1-2H3. The van der Waals surface area contributed by atoms with Gasteiger partial charge in [-0.3, -0.25) is 5.84 Å². The van der Waals surface area contributed by atoms with E-state index in [-0.39, 0.29) is 0 Å². The molecule has 44 valence electrons. The molecule has 0 heterocycles. The number of hydrogen-bond donors (Lipinski definition) is 1. The average molecular weight is 140 g/mol. The highest BCUT2D eigenvalue weighted by molar-refractivity contribution is 7.44. The highest BCUT2D eigenvalue weighted by Crippen LogP contribution is 2.22. The molecule has 2 unspecified atom stereocenters. The lowest BCUT2D eigenvalue weighted by molar-refractivity contribution is 0.539. The zero-order valence-corrected chi connectivity index (χ0v) is 6.43. The number of rotatable bonds is 3. The Morgan fingerprint density at radius 2 is 2.29 bits per heavy atom. The number of nitrogens with zero attached hydrogens (tertiary/aromatic N) is 1. The van der Waals surface area contributed by atoms with E-state index in [2.05, 4.69) is 0 Å². The van der Waals surface area contributed by atoms with Crippen molar-refractivity contribution in [2.24, 2.45) is 5.84 Å². The van der Waals surface area contributed by atoms with Crippen molar-refractivity contribution < 1.29 is 4.31 Å². The molecule has 0 spiro atoms. The van der Waals surface area contributed by atoms with Crippen molar-refractivity contribution in [1.82, 2.24) is 4.78 Å². The summed E-state index contributed by atoms with van der Waals surface area (Å²) in [6.07, 6.45) is 0. The normalized spacial score (nSPS) is 13.7. The van der Waals surface area contributed by atoms with Crippen LogP contribution in [0.5, 0.6) is 0 Å². The first-order valence-electron chi connectivity index (χ1n) is 1.84. The number of hydrogen-bond acceptors (Lipinski definition) is 3. The minimum absolute atomic E-state index is 0.312. The Morgan fingerprint density at radius 1 is 1.71 bits per heavy atom. The van der Waals surface area contributed by atoms with E-state index in [9.17, 15) is 0 Å². The lowest BCUT2D eigenvalue weighted by Crippen LogP contribution is -2.14. The van der Waals surface area contributed by atoms with Gasteiger partial charge >= 0.3 is 0 Å². The summed E-state index contributed by atoms with van der Waals surface area (Å²) in [5.74, 6) is 5.20. The molecule has 0 amide bonds. The lowest BCUT2D eigenvalue weighted by atomic mass is 11.5. The van der Waals surface area contributed by atoms with Crippen LogP contribution in [0, 0.1) is 0 Å². The van der Waals surface area contributed by atoms with Crippen molar-refractivity contribution in [3.63, 3.8) is 0 Å². The summed E-state index contributed by atoms with van der Waals surface area (Å²) in [6, 6.07) is 0. The smallest absolute Gasteiger partial charge is 0.107 e. The van der Waals surface area contributed by atoms with Crippen LogP contribution in [0.15, 0.2) is 0 Å². The van der Waals surface area contributed by atoms with Gasteiger partial charge in [0, 0.05) is 15.9 Å². The maximum absolute atomic E-state index is 5.20. The summed E-state index contributed by atoms with van der Waals surface area (Å²) in [7, 11) is 2.63. The minimum atomic E-state index is 0.312. The van der Waals surface area contributed by atoms with Crippen molar-refractivity contribution in [2.75, 3.05) is 13.7 Å². The van der Waals surface area contributed by atoms with Crippen molar-refractivity contribution in [3.8, 4) is 0 Å². The first-order valence-corrected chi connectivity index (χ1v) is 4.10. The molecule has 0 aromatic rings. The van der Waals surface area contributed by atoms with E-state index < -0.39 is 0 Å². The molecule has 0 saturated heterocycles. The zero-order chi connectivity index (χ0) is 5.70. The second kappa shape index (κ2) is 4.89. The van der Waals surface area contributed by atoms with Gasteiger partial charge in [0.05, 0.1) is 0 Å². The molecule has 5 heteroatoms. The molecule has 0 rings (SSSR count). The van der Waals surface area contributed by atoms with E-state index in [0.29, 0.717) is 17.8 Å². The first kappa shape index (κ1) is 7.74. The third kappa shape index (κ3) is 6.74. The second-order valence-electron chi connectivity index (χ2n) is 1.01. The van der Waals surface area contributed by atoms with Gasteiger partial charge in [0.2, 0.25) is 0 Å². The maximum atomic E-state index is 5.20. The van der Waals surface area contributed by atoms with Crippen LogP contribution in [-0.4, -0.2) is 18.5 Å². The molecule has 0 radical (unpaired) electrons. The maximum Gasteiger partial charge on any atom is 0.107 e. The Balaban J connectivity index is 2.68. The van der Waals surface area contributed by atoms with Gasteiger partial charge in [-0.15, -0.1) is 0 Å². The molecule has 2 N–H and O–H groups in total. The third-order valence-electron chi connectivity index (χ3n) is 0.292. The fraction of sp³-hybridized carbons (Fsp3) is 1.00. The summed E-state index contributed by atoms with van der Waals surface area (Å²) < 4.78 is 6.48. The van der Waals surface area contributed by atoms with Crippen LogP contribution in [0.2, 0.25) is 0 Å². The molecule has 3 nitrogen and oxygen atoms in total.